The van der Waals surface area contributed by atoms with E-state index in [1.54, 1.807) is 6.20 Å². The third kappa shape index (κ3) is 3.32. The summed E-state index contributed by atoms with van der Waals surface area (Å²) in [5.74, 6) is 0.172. The van der Waals surface area contributed by atoms with Gasteiger partial charge in [-0.1, -0.05) is 19.9 Å². The second kappa shape index (κ2) is 5.29. The average molecular weight is 261 g/mol. The molecule has 1 atom stereocenters. The van der Waals surface area contributed by atoms with Crippen molar-refractivity contribution in [1.29, 1.82) is 0 Å². The molecule has 1 amide bonds. The highest BCUT2D eigenvalue weighted by molar-refractivity contribution is 5.78. The van der Waals surface area contributed by atoms with Gasteiger partial charge >= 0.3 is 0 Å². The molecule has 104 valence electrons. The summed E-state index contributed by atoms with van der Waals surface area (Å²) in [6, 6.07) is 4.09. The molecule has 1 aliphatic heterocycles. The molecule has 1 unspecified atom stereocenters. The normalized spacial score (nSPS) is 22.3. The van der Waals surface area contributed by atoms with Crippen LogP contribution in [-0.2, 0) is 11.2 Å². The van der Waals surface area contributed by atoms with Crippen LogP contribution in [0.1, 0.15) is 31.5 Å². The number of nitrogens with two attached hydrogens (primary N) is 1. The molecule has 0 aromatic carbocycles. The Balaban J connectivity index is 1.99. The molecule has 1 fully saturated rings. The number of piperidine rings is 1. The maximum atomic E-state index is 12.3. The molecule has 0 spiro atoms. The van der Waals surface area contributed by atoms with Crippen LogP contribution < -0.4 is 5.73 Å². The molecule has 2 heterocycles. The number of likely N-dealkylation sites (tertiary alicyclic amines) is 1. The number of hydrogen-bond donors (Lipinski definition) is 1. The van der Waals surface area contributed by atoms with E-state index in [-0.39, 0.29) is 17.4 Å². The van der Waals surface area contributed by atoms with E-state index in [0.29, 0.717) is 6.42 Å². The number of nitrogens with zero attached hydrogens (tertiary/aromatic N) is 2. The number of aryl methyl sites for hydroxylation is 1. The van der Waals surface area contributed by atoms with Crippen LogP contribution in [-0.4, -0.2) is 34.9 Å². The first-order valence-electron chi connectivity index (χ1n) is 6.83. The Kier molecular flexibility index (Phi) is 3.90. The van der Waals surface area contributed by atoms with Crippen LogP contribution in [0.2, 0.25) is 0 Å². The first kappa shape index (κ1) is 14.0. The zero-order valence-corrected chi connectivity index (χ0v) is 12.0. The minimum absolute atomic E-state index is 0.000560. The Bertz CT molecular complexity index is 453. The van der Waals surface area contributed by atoms with Crippen LogP contribution in [0, 0.1) is 12.3 Å². The van der Waals surface area contributed by atoms with E-state index >= 15 is 0 Å². The van der Waals surface area contributed by atoms with E-state index in [9.17, 15) is 4.79 Å². The standard InChI is InChI=1S/C15H23N3O/c1-11-4-5-12(9-17-11)8-14(19)18-7-6-13(16)15(2,3)10-18/h4-5,9,13H,6-8,10,16H2,1-3H3. The van der Waals surface area contributed by atoms with E-state index in [0.717, 1.165) is 30.8 Å². The van der Waals surface area contributed by atoms with Crippen molar-refractivity contribution in [2.24, 2.45) is 11.1 Å². The largest absolute Gasteiger partial charge is 0.342 e. The predicted octanol–water partition coefficient (Wildman–Crippen LogP) is 1.52. The minimum atomic E-state index is -0.000560. The topological polar surface area (TPSA) is 59.2 Å². The first-order valence-corrected chi connectivity index (χ1v) is 6.83. The van der Waals surface area contributed by atoms with Crippen LogP contribution in [0.3, 0.4) is 0 Å². The number of hydrogen-bond acceptors (Lipinski definition) is 3. The second-order valence-corrected chi connectivity index (χ2v) is 6.18. The Hall–Kier alpha value is -1.42. The SMILES string of the molecule is Cc1ccc(CC(=O)N2CCC(N)C(C)(C)C2)cn1. The Morgan fingerprint density at radius 2 is 2.26 bits per heavy atom. The van der Waals surface area contributed by atoms with Gasteiger partial charge in [-0.3, -0.25) is 9.78 Å². The van der Waals surface area contributed by atoms with Crippen molar-refractivity contribution in [3.05, 3.63) is 29.6 Å². The van der Waals surface area contributed by atoms with Gasteiger partial charge < -0.3 is 10.6 Å². The highest BCUT2D eigenvalue weighted by Crippen LogP contribution is 2.27. The summed E-state index contributed by atoms with van der Waals surface area (Å²) < 4.78 is 0. The van der Waals surface area contributed by atoms with Gasteiger partial charge in [-0.2, -0.15) is 0 Å². The molecule has 1 aliphatic rings. The number of carbonyl (C=O) groups is 1. The molecule has 19 heavy (non-hydrogen) atoms. The molecular formula is C15H23N3O. The maximum absolute atomic E-state index is 12.3. The highest BCUT2D eigenvalue weighted by atomic mass is 16.2. The molecule has 1 aromatic rings. The summed E-state index contributed by atoms with van der Waals surface area (Å²) in [6.07, 6.45) is 3.09. The summed E-state index contributed by atoms with van der Waals surface area (Å²) >= 11 is 0. The van der Waals surface area contributed by atoms with Crippen molar-refractivity contribution >= 4 is 5.91 Å². The molecule has 1 saturated heterocycles. The smallest absolute Gasteiger partial charge is 0.227 e. The summed E-state index contributed by atoms with van der Waals surface area (Å²) in [4.78, 5) is 18.5. The van der Waals surface area contributed by atoms with E-state index < -0.39 is 0 Å². The number of aromatic nitrogens is 1. The zero-order chi connectivity index (χ0) is 14.0. The van der Waals surface area contributed by atoms with Crippen molar-refractivity contribution in [3.8, 4) is 0 Å². The van der Waals surface area contributed by atoms with Gasteiger partial charge in [-0.15, -0.1) is 0 Å². The molecular weight excluding hydrogens is 238 g/mol. The van der Waals surface area contributed by atoms with Crippen LogP contribution in [0.4, 0.5) is 0 Å². The van der Waals surface area contributed by atoms with Crippen molar-refractivity contribution in [1.82, 2.24) is 9.88 Å². The molecule has 0 aliphatic carbocycles. The highest BCUT2D eigenvalue weighted by Gasteiger charge is 2.35. The van der Waals surface area contributed by atoms with Crippen LogP contribution in [0.5, 0.6) is 0 Å². The van der Waals surface area contributed by atoms with Gasteiger partial charge in [0.25, 0.3) is 0 Å². The second-order valence-electron chi connectivity index (χ2n) is 6.18. The lowest BCUT2D eigenvalue weighted by molar-refractivity contribution is -0.133. The molecule has 4 nitrogen and oxygen atoms in total. The lowest BCUT2D eigenvalue weighted by atomic mass is 9.79. The quantitative estimate of drug-likeness (QED) is 0.878. The van der Waals surface area contributed by atoms with Gasteiger partial charge in [0.1, 0.15) is 0 Å². The third-order valence-corrected chi connectivity index (χ3v) is 3.99. The fraction of sp³-hybridized carbons (Fsp3) is 0.600. The zero-order valence-electron chi connectivity index (χ0n) is 12.0. The molecule has 0 bridgehead atoms. The van der Waals surface area contributed by atoms with Crippen molar-refractivity contribution in [2.75, 3.05) is 13.1 Å². The van der Waals surface area contributed by atoms with Crippen molar-refractivity contribution < 1.29 is 4.79 Å². The van der Waals surface area contributed by atoms with Gasteiger partial charge in [0.05, 0.1) is 6.42 Å². The van der Waals surface area contributed by atoms with Crippen molar-refractivity contribution in [3.63, 3.8) is 0 Å². The van der Waals surface area contributed by atoms with Gasteiger partial charge in [0.15, 0.2) is 0 Å². The van der Waals surface area contributed by atoms with Gasteiger partial charge in [0, 0.05) is 31.0 Å². The van der Waals surface area contributed by atoms with E-state index in [2.05, 4.69) is 18.8 Å². The van der Waals surface area contributed by atoms with Crippen LogP contribution in [0.25, 0.3) is 0 Å². The number of amides is 1. The van der Waals surface area contributed by atoms with E-state index in [1.807, 2.05) is 24.0 Å². The predicted molar refractivity (Wildman–Crippen MR) is 75.6 cm³/mol. The number of rotatable bonds is 2. The number of carbonyl (C=O) groups excluding carboxylic acids is 1. The summed E-state index contributed by atoms with van der Waals surface area (Å²) in [5, 5.41) is 0. The molecule has 1 aromatic heterocycles. The van der Waals surface area contributed by atoms with Crippen molar-refractivity contribution in [2.45, 2.75) is 39.7 Å². The lowest BCUT2D eigenvalue weighted by Gasteiger charge is -2.42. The summed E-state index contributed by atoms with van der Waals surface area (Å²) in [7, 11) is 0. The first-order chi connectivity index (χ1) is 8.88. The van der Waals surface area contributed by atoms with E-state index in [4.69, 9.17) is 5.73 Å². The Morgan fingerprint density at radius 1 is 1.53 bits per heavy atom. The Morgan fingerprint density at radius 3 is 2.84 bits per heavy atom. The molecule has 0 radical (unpaired) electrons. The molecule has 4 heteroatoms. The van der Waals surface area contributed by atoms with Gasteiger partial charge in [0.2, 0.25) is 5.91 Å². The Labute approximate surface area is 115 Å². The van der Waals surface area contributed by atoms with E-state index in [1.165, 1.54) is 0 Å². The van der Waals surface area contributed by atoms with Gasteiger partial charge in [-0.05, 0) is 30.4 Å². The average Bonchev–Trinajstić information content (AvgIpc) is 2.35. The van der Waals surface area contributed by atoms with Crippen LogP contribution in [0.15, 0.2) is 18.3 Å². The maximum Gasteiger partial charge on any atom is 0.227 e. The third-order valence-electron chi connectivity index (χ3n) is 3.99. The minimum Gasteiger partial charge on any atom is -0.342 e. The summed E-state index contributed by atoms with van der Waals surface area (Å²) in [5.41, 5.74) is 8.04. The molecule has 2 rings (SSSR count). The summed E-state index contributed by atoms with van der Waals surface area (Å²) in [6.45, 7) is 7.71. The fourth-order valence-corrected chi connectivity index (χ4v) is 2.48. The number of pyridine rings is 1. The molecule has 2 N–H and O–H groups in total. The monoisotopic (exact) mass is 261 g/mol. The van der Waals surface area contributed by atoms with Crippen LogP contribution >= 0.6 is 0 Å². The fourth-order valence-electron chi connectivity index (χ4n) is 2.48. The lowest BCUT2D eigenvalue weighted by Crippen LogP contribution is -2.54. The molecule has 0 saturated carbocycles. The van der Waals surface area contributed by atoms with Gasteiger partial charge in [-0.25, -0.2) is 0 Å².